The zero-order chi connectivity index (χ0) is 9.60. The van der Waals surface area contributed by atoms with Crippen LogP contribution in [0, 0.1) is 5.92 Å². The summed E-state index contributed by atoms with van der Waals surface area (Å²) in [5, 5.41) is 13.6. The maximum atomic E-state index is 10.2. The quantitative estimate of drug-likeness (QED) is 0.662. The Kier molecular flexibility index (Phi) is 2.08. The van der Waals surface area contributed by atoms with Gasteiger partial charge in [-0.05, 0) is 44.7 Å². The first-order valence-electron chi connectivity index (χ1n) is 5.95. The molecule has 3 aliphatic rings. The van der Waals surface area contributed by atoms with E-state index in [1.807, 2.05) is 0 Å². The fourth-order valence-corrected chi connectivity index (χ4v) is 2.97. The lowest BCUT2D eigenvalue weighted by molar-refractivity contribution is -0.132. The van der Waals surface area contributed by atoms with Gasteiger partial charge in [0.05, 0.1) is 5.60 Å². The molecule has 3 nitrogen and oxygen atoms in total. The van der Waals surface area contributed by atoms with E-state index in [9.17, 15) is 5.11 Å². The van der Waals surface area contributed by atoms with Crippen LogP contribution >= 0.6 is 0 Å². The van der Waals surface area contributed by atoms with Crippen molar-refractivity contribution in [3.05, 3.63) is 0 Å². The number of rotatable bonds is 2. The molecule has 2 heterocycles. The average molecular weight is 196 g/mol. The highest BCUT2D eigenvalue weighted by Gasteiger charge is 2.53. The molecule has 2 N–H and O–H groups in total. The molecular weight excluding hydrogens is 176 g/mol. The molecule has 0 atom stereocenters. The van der Waals surface area contributed by atoms with Crippen LogP contribution in [0.1, 0.15) is 25.7 Å². The van der Waals surface area contributed by atoms with Gasteiger partial charge in [0.1, 0.15) is 0 Å². The number of likely N-dealkylation sites (tertiary alicyclic amines) is 1. The van der Waals surface area contributed by atoms with Gasteiger partial charge in [-0.25, -0.2) is 0 Å². The van der Waals surface area contributed by atoms with Crippen LogP contribution in [0.4, 0.5) is 0 Å². The number of hydrogen-bond acceptors (Lipinski definition) is 3. The van der Waals surface area contributed by atoms with Crippen molar-refractivity contribution in [2.75, 3.05) is 26.2 Å². The molecular formula is C11H20N2O. The third-order valence-electron chi connectivity index (χ3n) is 4.12. The molecule has 3 fully saturated rings. The summed E-state index contributed by atoms with van der Waals surface area (Å²) >= 11 is 0. The van der Waals surface area contributed by atoms with Crippen molar-refractivity contribution < 1.29 is 5.11 Å². The van der Waals surface area contributed by atoms with Gasteiger partial charge < -0.3 is 10.4 Å². The van der Waals surface area contributed by atoms with Crippen molar-refractivity contribution in [3.63, 3.8) is 0 Å². The number of β-amino-alcohol motifs (C(OH)–C–C–N with tert-alkyl or cyclic N) is 1. The van der Waals surface area contributed by atoms with E-state index >= 15 is 0 Å². The van der Waals surface area contributed by atoms with Gasteiger partial charge in [-0.3, -0.25) is 4.90 Å². The number of nitrogens with one attached hydrogen (secondary N) is 1. The summed E-state index contributed by atoms with van der Waals surface area (Å²) in [4.78, 5) is 2.49. The summed E-state index contributed by atoms with van der Waals surface area (Å²) in [6, 6.07) is 0.746. The second-order valence-electron chi connectivity index (χ2n) is 5.26. The first kappa shape index (κ1) is 9.13. The first-order chi connectivity index (χ1) is 6.78. The van der Waals surface area contributed by atoms with Crippen LogP contribution in [0.15, 0.2) is 0 Å². The lowest BCUT2D eigenvalue weighted by Crippen LogP contribution is -2.66. The molecule has 0 aromatic rings. The fourth-order valence-electron chi connectivity index (χ4n) is 2.97. The highest BCUT2D eigenvalue weighted by molar-refractivity contribution is 5.07. The van der Waals surface area contributed by atoms with E-state index in [0.29, 0.717) is 5.92 Å². The average Bonchev–Trinajstić information content (AvgIpc) is 2.98. The summed E-state index contributed by atoms with van der Waals surface area (Å²) in [6.45, 7) is 4.21. The van der Waals surface area contributed by atoms with Crippen molar-refractivity contribution >= 4 is 0 Å². The standard InChI is InChI=1S/C11H20N2O/c14-11(9-1-2-9)7-13(8-11)10-3-5-12-6-4-10/h9-10,12,14H,1-8H2. The normalized spacial score (nSPS) is 34.1. The van der Waals surface area contributed by atoms with Crippen molar-refractivity contribution in [2.45, 2.75) is 37.3 Å². The number of aliphatic hydroxyl groups is 1. The van der Waals surface area contributed by atoms with Gasteiger partial charge >= 0.3 is 0 Å². The summed E-state index contributed by atoms with van der Waals surface area (Å²) in [5.74, 6) is 0.639. The van der Waals surface area contributed by atoms with Crippen LogP contribution in [-0.4, -0.2) is 47.8 Å². The molecule has 3 heteroatoms. The van der Waals surface area contributed by atoms with Crippen LogP contribution in [0.25, 0.3) is 0 Å². The Balaban J connectivity index is 1.52. The second-order valence-corrected chi connectivity index (χ2v) is 5.26. The minimum Gasteiger partial charge on any atom is -0.387 e. The van der Waals surface area contributed by atoms with Crippen molar-refractivity contribution in [1.82, 2.24) is 10.2 Å². The van der Waals surface area contributed by atoms with Crippen molar-refractivity contribution in [2.24, 2.45) is 5.92 Å². The minimum absolute atomic E-state index is 0.287. The first-order valence-corrected chi connectivity index (χ1v) is 5.95. The molecule has 0 unspecified atom stereocenters. The van der Waals surface area contributed by atoms with Gasteiger partial charge in [-0.1, -0.05) is 0 Å². The predicted molar refractivity (Wildman–Crippen MR) is 55.1 cm³/mol. The number of nitrogens with zero attached hydrogens (tertiary/aromatic N) is 1. The molecule has 2 aliphatic heterocycles. The summed E-state index contributed by atoms with van der Waals surface area (Å²) in [6.07, 6.45) is 5.05. The maximum absolute atomic E-state index is 10.2. The van der Waals surface area contributed by atoms with Crippen LogP contribution in [-0.2, 0) is 0 Å². The molecule has 0 aromatic carbocycles. The Hall–Kier alpha value is -0.120. The van der Waals surface area contributed by atoms with E-state index in [1.165, 1.54) is 25.7 Å². The molecule has 0 spiro atoms. The van der Waals surface area contributed by atoms with Gasteiger partial charge in [-0.15, -0.1) is 0 Å². The van der Waals surface area contributed by atoms with Crippen molar-refractivity contribution in [1.29, 1.82) is 0 Å². The number of piperidine rings is 1. The van der Waals surface area contributed by atoms with E-state index in [-0.39, 0.29) is 5.60 Å². The molecule has 0 bridgehead atoms. The van der Waals surface area contributed by atoms with Gasteiger partial charge in [0.2, 0.25) is 0 Å². The summed E-state index contributed by atoms with van der Waals surface area (Å²) in [5.41, 5.74) is -0.287. The molecule has 1 saturated carbocycles. The van der Waals surface area contributed by atoms with Crippen LogP contribution < -0.4 is 5.32 Å². The van der Waals surface area contributed by atoms with Crippen molar-refractivity contribution in [3.8, 4) is 0 Å². The minimum atomic E-state index is -0.287. The largest absolute Gasteiger partial charge is 0.387 e. The maximum Gasteiger partial charge on any atom is 0.0928 e. The molecule has 0 amide bonds. The zero-order valence-electron chi connectivity index (χ0n) is 8.71. The lowest BCUT2D eigenvalue weighted by Gasteiger charge is -2.51. The topological polar surface area (TPSA) is 35.5 Å². The molecule has 1 aliphatic carbocycles. The Morgan fingerprint density at radius 2 is 1.71 bits per heavy atom. The molecule has 80 valence electrons. The summed E-state index contributed by atoms with van der Waals surface area (Å²) < 4.78 is 0. The Morgan fingerprint density at radius 1 is 1.07 bits per heavy atom. The second kappa shape index (κ2) is 3.19. The predicted octanol–water partition coefficient (Wildman–Crippen LogP) is 0.195. The summed E-state index contributed by atoms with van der Waals surface area (Å²) in [7, 11) is 0. The molecule has 0 aromatic heterocycles. The van der Waals surface area contributed by atoms with E-state index in [1.54, 1.807) is 0 Å². The smallest absolute Gasteiger partial charge is 0.0928 e. The molecule has 2 saturated heterocycles. The van der Waals surface area contributed by atoms with Gasteiger partial charge in [0, 0.05) is 19.1 Å². The molecule has 14 heavy (non-hydrogen) atoms. The molecule has 0 radical (unpaired) electrons. The van der Waals surface area contributed by atoms with E-state index < -0.39 is 0 Å². The highest BCUT2D eigenvalue weighted by atomic mass is 16.3. The Bertz CT molecular complexity index is 215. The fraction of sp³-hybridized carbons (Fsp3) is 1.00. The van der Waals surface area contributed by atoms with E-state index in [4.69, 9.17) is 0 Å². The third kappa shape index (κ3) is 1.47. The molecule has 3 rings (SSSR count). The van der Waals surface area contributed by atoms with E-state index in [0.717, 1.165) is 32.2 Å². The highest BCUT2D eigenvalue weighted by Crippen LogP contribution is 2.45. The van der Waals surface area contributed by atoms with Gasteiger partial charge in [0.15, 0.2) is 0 Å². The lowest BCUT2D eigenvalue weighted by atomic mass is 9.85. The van der Waals surface area contributed by atoms with Crippen LogP contribution in [0.3, 0.4) is 0 Å². The third-order valence-corrected chi connectivity index (χ3v) is 4.12. The zero-order valence-corrected chi connectivity index (χ0v) is 8.71. The van der Waals surface area contributed by atoms with Crippen LogP contribution in [0.5, 0.6) is 0 Å². The SMILES string of the molecule is OC1(C2CC2)CN(C2CCNCC2)C1. The Labute approximate surface area is 85.5 Å². The van der Waals surface area contributed by atoms with Gasteiger partial charge in [0.25, 0.3) is 0 Å². The monoisotopic (exact) mass is 196 g/mol. The van der Waals surface area contributed by atoms with Crippen LogP contribution in [0.2, 0.25) is 0 Å². The Morgan fingerprint density at radius 3 is 2.29 bits per heavy atom. The van der Waals surface area contributed by atoms with Gasteiger partial charge in [-0.2, -0.15) is 0 Å². The number of hydrogen-bond donors (Lipinski definition) is 2. The van der Waals surface area contributed by atoms with E-state index in [2.05, 4.69) is 10.2 Å².